The maximum Gasteiger partial charge on any atom is 0.134 e. The number of nitriles is 1. The lowest BCUT2D eigenvalue weighted by Crippen LogP contribution is -1.91. The number of hydrogen-bond donors (Lipinski definition) is 0. The van der Waals surface area contributed by atoms with E-state index in [1.54, 1.807) is 44.6 Å². The van der Waals surface area contributed by atoms with E-state index in [0.717, 1.165) is 5.56 Å². The first kappa shape index (κ1) is 13.8. The van der Waals surface area contributed by atoms with Crippen molar-refractivity contribution in [2.75, 3.05) is 14.2 Å². The van der Waals surface area contributed by atoms with Gasteiger partial charge in [0.05, 0.1) is 25.9 Å². The van der Waals surface area contributed by atoms with Crippen molar-refractivity contribution in [3.8, 4) is 29.1 Å². The maximum atomic E-state index is 8.91. The highest BCUT2D eigenvalue weighted by Gasteiger charge is 2.05. The Hall–Kier alpha value is -2.67. The molecule has 0 N–H and O–H groups in total. The molecule has 2 aromatic carbocycles. The summed E-state index contributed by atoms with van der Waals surface area (Å²) in [6.45, 7) is 1.87. The van der Waals surface area contributed by atoms with Crippen LogP contribution in [0.5, 0.6) is 23.0 Å². The predicted octanol–water partition coefficient (Wildman–Crippen LogP) is 3.68. The van der Waals surface area contributed by atoms with Gasteiger partial charge in [-0.2, -0.15) is 5.26 Å². The van der Waals surface area contributed by atoms with E-state index in [1.165, 1.54) is 0 Å². The Kier molecular flexibility index (Phi) is 4.11. The quantitative estimate of drug-likeness (QED) is 0.849. The third-order valence-electron chi connectivity index (χ3n) is 2.88. The van der Waals surface area contributed by atoms with Gasteiger partial charge in [-0.3, -0.25) is 0 Å². The second-order valence-electron chi connectivity index (χ2n) is 4.24. The summed E-state index contributed by atoms with van der Waals surface area (Å²) in [5.41, 5.74) is 1.51. The largest absolute Gasteiger partial charge is 0.496 e. The first-order valence-corrected chi connectivity index (χ1v) is 6.08. The van der Waals surface area contributed by atoms with Gasteiger partial charge in [0.25, 0.3) is 0 Å². The zero-order valence-corrected chi connectivity index (χ0v) is 11.6. The summed E-state index contributed by atoms with van der Waals surface area (Å²) in [6, 6.07) is 12.8. The third-order valence-corrected chi connectivity index (χ3v) is 2.88. The predicted molar refractivity (Wildman–Crippen MR) is 75.5 cm³/mol. The van der Waals surface area contributed by atoms with Crippen LogP contribution in [0.15, 0.2) is 36.4 Å². The van der Waals surface area contributed by atoms with Crippen LogP contribution in [0.3, 0.4) is 0 Å². The average Bonchev–Trinajstić information content (AvgIpc) is 2.47. The van der Waals surface area contributed by atoms with E-state index in [0.29, 0.717) is 28.6 Å². The maximum absolute atomic E-state index is 8.91. The lowest BCUT2D eigenvalue weighted by Gasteiger charge is -2.10. The van der Waals surface area contributed by atoms with E-state index in [-0.39, 0.29) is 0 Å². The third kappa shape index (κ3) is 3.01. The minimum atomic E-state index is 0.616. The fourth-order valence-electron chi connectivity index (χ4n) is 1.80. The van der Waals surface area contributed by atoms with Crippen LogP contribution in [-0.2, 0) is 0 Å². The first-order valence-electron chi connectivity index (χ1n) is 6.08. The van der Waals surface area contributed by atoms with Gasteiger partial charge in [-0.05, 0) is 30.7 Å². The highest BCUT2D eigenvalue weighted by molar-refractivity contribution is 5.46. The molecule has 0 bridgehead atoms. The Balaban J connectivity index is 2.30. The van der Waals surface area contributed by atoms with Crippen molar-refractivity contribution in [1.82, 2.24) is 0 Å². The molecule has 20 heavy (non-hydrogen) atoms. The molecule has 0 aromatic heterocycles. The van der Waals surface area contributed by atoms with E-state index in [4.69, 9.17) is 19.5 Å². The standard InChI is InChI=1S/C16H15NO3/c1-11-6-13(5-4-12(11)10-17)20-16-8-14(18-2)7-15(9-16)19-3/h4-9H,1-3H3. The minimum Gasteiger partial charge on any atom is -0.496 e. The molecule has 0 heterocycles. The Morgan fingerprint density at radius 2 is 1.45 bits per heavy atom. The number of ether oxygens (including phenoxy) is 3. The van der Waals surface area contributed by atoms with Crippen molar-refractivity contribution in [2.24, 2.45) is 0 Å². The number of benzene rings is 2. The molecule has 0 saturated heterocycles. The van der Waals surface area contributed by atoms with Crippen molar-refractivity contribution in [3.05, 3.63) is 47.5 Å². The van der Waals surface area contributed by atoms with Crippen LogP contribution < -0.4 is 14.2 Å². The molecule has 0 atom stereocenters. The topological polar surface area (TPSA) is 51.5 Å². The van der Waals surface area contributed by atoms with E-state index in [9.17, 15) is 0 Å². The molecule has 0 fully saturated rings. The SMILES string of the molecule is COc1cc(OC)cc(Oc2ccc(C#N)c(C)c2)c1. The number of hydrogen-bond acceptors (Lipinski definition) is 4. The Bertz CT molecular complexity index is 637. The summed E-state index contributed by atoms with van der Waals surface area (Å²) in [4.78, 5) is 0. The monoisotopic (exact) mass is 269 g/mol. The van der Waals surface area contributed by atoms with Crippen LogP contribution in [0.2, 0.25) is 0 Å². The molecule has 4 nitrogen and oxygen atoms in total. The van der Waals surface area contributed by atoms with Crippen molar-refractivity contribution >= 4 is 0 Å². The molecule has 102 valence electrons. The summed E-state index contributed by atoms with van der Waals surface area (Å²) in [5, 5.41) is 8.91. The van der Waals surface area contributed by atoms with Gasteiger partial charge in [0, 0.05) is 18.2 Å². The van der Waals surface area contributed by atoms with Gasteiger partial charge in [-0.15, -0.1) is 0 Å². The van der Waals surface area contributed by atoms with Crippen molar-refractivity contribution in [1.29, 1.82) is 5.26 Å². The molecular weight excluding hydrogens is 254 g/mol. The van der Waals surface area contributed by atoms with E-state index < -0.39 is 0 Å². The van der Waals surface area contributed by atoms with Crippen LogP contribution in [-0.4, -0.2) is 14.2 Å². The Morgan fingerprint density at radius 1 is 0.850 bits per heavy atom. The smallest absolute Gasteiger partial charge is 0.134 e. The van der Waals surface area contributed by atoms with E-state index in [1.807, 2.05) is 13.0 Å². The summed E-state index contributed by atoms with van der Waals surface area (Å²) < 4.78 is 16.2. The molecule has 0 amide bonds. The zero-order valence-electron chi connectivity index (χ0n) is 11.6. The molecule has 0 aliphatic rings. The van der Waals surface area contributed by atoms with Crippen LogP contribution in [0.1, 0.15) is 11.1 Å². The summed E-state index contributed by atoms with van der Waals surface area (Å²) in [7, 11) is 3.18. The van der Waals surface area contributed by atoms with Crippen LogP contribution in [0, 0.1) is 18.3 Å². The lowest BCUT2D eigenvalue weighted by molar-refractivity contribution is 0.386. The molecule has 0 unspecified atom stereocenters. The summed E-state index contributed by atoms with van der Waals surface area (Å²) in [6.07, 6.45) is 0. The molecule has 0 saturated carbocycles. The molecule has 2 rings (SSSR count). The number of aryl methyl sites for hydroxylation is 1. The van der Waals surface area contributed by atoms with Gasteiger partial charge in [-0.25, -0.2) is 0 Å². The second-order valence-corrected chi connectivity index (χ2v) is 4.24. The first-order chi connectivity index (χ1) is 9.66. The second kappa shape index (κ2) is 5.98. The molecule has 0 spiro atoms. The highest BCUT2D eigenvalue weighted by Crippen LogP contribution is 2.31. The fourth-order valence-corrected chi connectivity index (χ4v) is 1.80. The van der Waals surface area contributed by atoms with Gasteiger partial charge >= 0.3 is 0 Å². The number of rotatable bonds is 4. The molecule has 0 radical (unpaired) electrons. The van der Waals surface area contributed by atoms with Crippen molar-refractivity contribution in [2.45, 2.75) is 6.92 Å². The molecule has 0 aliphatic carbocycles. The van der Waals surface area contributed by atoms with Gasteiger partial charge < -0.3 is 14.2 Å². The number of methoxy groups -OCH3 is 2. The van der Waals surface area contributed by atoms with Gasteiger partial charge in [0.2, 0.25) is 0 Å². The minimum absolute atomic E-state index is 0.616. The van der Waals surface area contributed by atoms with Crippen molar-refractivity contribution < 1.29 is 14.2 Å². The molecule has 0 aliphatic heterocycles. The molecule has 4 heteroatoms. The van der Waals surface area contributed by atoms with Crippen LogP contribution >= 0.6 is 0 Å². The molecule has 2 aromatic rings. The summed E-state index contributed by atoms with van der Waals surface area (Å²) in [5.74, 6) is 2.59. The zero-order chi connectivity index (χ0) is 14.5. The van der Waals surface area contributed by atoms with Gasteiger partial charge in [0.15, 0.2) is 0 Å². The van der Waals surface area contributed by atoms with Gasteiger partial charge in [-0.1, -0.05) is 0 Å². The number of nitrogens with zero attached hydrogens (tertiary/aromatic N) is 1. The average molecular weight is 269 g/mol. The Morgan fingerprint density at radius 3 is 1.95 bits per heavy atom. The summed E-state index contributed by atoms with van der Waals surface area (Å²) >= 11 is 0. The molecular formula is C16H15NO3. The Labute approximate surface area is 118 Å². The highest BCUT2D eigenvalue weighted by atomic mass is 16.5. The van der Waals surface area contributed by atoms with Gasteiger partial charge in [0.1, 0.15) is 23.0 Å². The van der Waals surface area contributed by atoms with E-state index >= 15 is 0 Å². The van der Waals surface area contributed by atoms with Crippen molar-refractivity contribution in [3.63, 3.8) is 0 Å². The normalized spacial score (nSPS) is 9.70. The fraction of sp³-hybridized carbons (Fsp3) is 0.188. The van der Waals surface area contributed by atoms with E-state index in [2.05, 4.69) is 6.07 Å². The van der Waals surface area contributed by atoms with Crippen LogP contribution in [0.4, 0.5) is 0 Å². The van der Waals surface area contributed by atoms with Crippen LogP contribution in [0.25, 0.3) is 0 Å². The lowest BCUT2D eigenvalue weighted by atomic mass is 10.1.